The molecule has 0 aliphatic carbocycles. The third-order valence-corrected chi connectivity index (χ3v) is 5.95. The number of β-amino-alcohol motifs (C(OH)–C–C–N with tert-alkyl or cyclic N) is 1. The highest BCUT2D eigenvalue weighted by Gasteiger charge is 2.41. The molecule has 1 aliphatic rings. The van der Waals surface area contributed by atoms with Crippen molar-refractivity contribution in [3.63, 3.8) is 0 Å². The summed E-state index contributed by atoms with van der Waals surface area (Å²) in [5.74, 6) is 0.497. The van der Waals surface area contributed by atoms with Gasteiger partial charge in [-0.25, -0.2) is 9.78 Å². The number of aryl methyl sites for hydroxylation is 2. The Balaban J connectivity index is 1.47. The van der Waals surface area contributed by atoms with Gasteiger partial charge in [0.15, 0.2) is 0 Å². The minimum atomic E-state index is -1.37. The van der Waals surface area contributed by atoms with Crippen LogP contribution in [0.2, 0.25) is 0 Å². The predicted molar refractivity (Wildman–Crippen MR) is 127 cm³/mol. The first-order valence-corrected chi connectivity index (χ1v) is 10.9. The summed E-state index contributed by atoms with van der Waals surface area (Å²) < 4.78 is 1.35. The minimum absolute atomic E-state index is 0.0423. The van der Waals surface area contributed by atoms with Crippen molar-refractivity contribution in [2.45, 2.75) is 38.8 Å². The number of nitrogens with two attached hydrogens (primary N) is 1. The van der Waals surface area contributed by atoms with E-state index in [0.29, 0.717) is 29.9 Å². The summed E-state index contributed by atoms with van der Waals surface area (Å²) >= 11 is 0. The normalized spacial score (nSPS) is 20.2. The molecule has 1 saturated heterocycles. The quantitative estimate of drug-likeness (QED) is 0.446. The summed E-state index contributed by atoms with van der Waals surface area (Å²) in [5, 5.41) is 14.2. The van der Waals surface area contributed by atoms with Gasteiger partial charge >= 0.3 is 5.69 Å². The van der Waals surface area contributed by atoms with Crippen LogP contribution in [0.4, 0.5) is 17.5 Å². The number of nitrogens with one attached hydrogen (secondary N) is 2. The molecule has 178 valence electrons. The minimum Gasteiger partial charge on any atom is -0.386 e. The topological polar surface area (TPSA) is 159 Å². The van der Waals surface area contributed by atoms with Gasteiger partial charge in [0.1, 0.15) is 11.4 Å². The lowest BCUT2D eigenvalue weighted by Gasteiger charge is -2.43. The molecule has 4 rings (SSSR count). The SMILES string of the molecule is Cc1cc(Nc2ccc(C(=O)N3CC[C@H](n4cc(C)c(=O)[nH]c4=O)[C@@](C)(O)C3)cc2)nc(N)n1. The van der Waals surface area contributed by atoms with Gasteiger partial charge in [0.05, 0.1) is 12.6 Å². The molecule has 0 unspecified atom stereocenters. The molecule has 1 fully saturated rings. The molecule has 3 aromatic rings. The number of aliphatic hydroxyl groups is 1. The molecule has 1 aromatic carbocycles. The van der Waals surface area contributed by atoms with E-state index in [1.165, 1.54) is 10.8 Å². The molecule has 5 N–H and O–H groups in total. The smallest absolute Gasteiger partial charge is 0.328 e. The van der Waals surface area contributed by atoms with Crippen LogP contribution in [-0.4, -0.2) is 54.1 Å². The van der Waals surface area contributed by atoms with Gasteiger partial charge in [-0.15, -0.1) is 0 Å². The van der Waals surface area contributed by atoms with Crippen LogP contribution in [0.3, 0.4) is 0 Å². The molecule has 3 heterocycles. The maximum atomic E-state index is 13.1. The molecule has 1 amide bonds. The van der Waals surface area contributed by atoms with E-state index in [0.717, 1.165) is 11.4 Å². The number of aromatic nitrogens is 4. The highest BCUT2D eigenvalue weighted by atomic mass is 16.3. The van der Waals surface area contributed by atoms with Gasteiger partial charge < -0.3 is 21.1 Å². The highest BCUT2D eigenvalue weighted by Crippen LogP contribution is 2.31. The second-order valence-electron chi connectivity index (χ2n) is 8.82. The first-order valence-electron chi connectivity index (χ1n) is 10.9. The van der Waals surface area contributed by atoms with Crippen molar-refractivity contribution in [2.24, 2.45) is 0 Å². The maximum Gasteiger partial charge on any atom is 0.328 e. The first-order chi connectivity index (χ1) is 16.0. The fourth-order valence-electron chi connectivity index (χ4n) is 4.27. The van der Waals surface area contributed by atoms with Gasteiger partial charge in [-0.05, 0) is 51.5 Å². The van der Waals surface area contributed by atoms with E-state index >= 15 is 0 Å². The van der Waals surface area contributed by atoms with E-state index in [1.807, 2.05) is 6.92 Å². The molecule has 0 bridgehead atoms. The van der Waals surface area contributed by atoms with Gasteiger partial charge in [-0.2, -0.15) is 4.98 Å². The van der Waals surface area contributed by atoms with E-state index in [2.05, 4.69) is 20.3 Å². The van der Waals surface area contributed by atoms with Crippen molar-refractivity contribution in [2.75, 3.05) is 24.1 Å². The number of carbonyl (C=O) groups excluding carboxylic acids is 1. The van der Waals surface area contributed by atoms with Gasteiger partial charge in [-0.1, -0.05) is 0 Å². The summed E-state index contributed by atoms with van der Waals surface area (Å²) in [6, 6.07) is 8.09. The van der Waals surface area contributed by atoms with Gasteiger partial charge in [-0.3, -0.25) is 19.1 Å². The van der Waals surface area contributed by atoms with Gasteiger partial charge in [0, 0.05) is 41.3 Å². The van der Waals surface area contributed by atoms with Crippen molar-refractivity contribution in [3.05, 3.63) is 74.2 Å². The van der Waals surface area contributed by atoms with Crippen LogP contribution in [0.25, 0.3) is 0 Å². The summed E-state index contributed by atoms with van der Waals surface area (Å²) in [6.07, 6.45) is 1.81. The molecule has 11 heteroatoms. The lowest BCUT2D eigenvalue weighted by Crippen LogP contribution is -2.56. The van der Waals surface area contributed by atoms with E-state index in [9.17, 15) is 19.5 Å². The van der Waals surface area contributed by atoms with Crippen molar-refractivity contribution < 1.29 is 9.90 Å². The van der Waals surface area contributed by atoms with Crippen LogP contribution in [0.15, 0.2) is 46.1 Å². The van der Waals surface area contributed by atoms with Gasteiger partial charge in [0.2, 0.25) is 5.95 Å². The number of nitrogen functional groups attached to an aromatic ring is 1. The monoisotopic (exact) mass is 465 g/mol. The molecule has 34 heavy (non-hydrogen) atoms. The predicted octanol–water partition coefficient (Wildman–Crippen LogP) is 1.11. The largest absolute Gasteiger partial charge is 0.386 e. The third kappa shape index (κ3) is 4.69. The number of carbonyl (C=O) groups is 1. The Hall–Kier alpha value is -3.99. The van der Waals surface area contributed by atoms with Crippen molar-refractivity contribution in [1.29, 1.82) is 0 Å². The molecular weight excluding hydrogens is 438 g/mol. The number of hydrogen-bond donors (Lipinski definition) is 4. The zero-order valence-corrected chi connectivity index (χ0v) is 19.2. The third-order valence-electron chi connectivity index (χ3n) is 5.95. The first kappa shape index (κ1) is 23.2. The van der Waals surface area contributed by atoms with Crippen molar-refractivity contribution >= 4 is 23.4 Å². The van der Waals surface area contributed by atoms with Gasteiger partial charge in [0.25, 0.3) is 11.5 Å². The average Bonchev–Trinajstić information content (AvgIpc) is 2.75. The maximum absolute atomic E-state index is 13.1. The summed E-state index contributed by atoms with van der Waals surface area (Å²) in [7, 11) is 0. The van der Waals surface area contributed by atoms with Crippen LogP contribution in [0, 0.1) is 13.8 Å². The number of likely N-dealkylation sites (tertiary alicyclic amines) is 1. The molecule has 1 aliphatic heterocycles. The summed E-state index contributed by atoms with van der Waals surface area (Å²) in [4.78, 5) is 49.1. The molecular formula is C23H27N7O4. The lowest BCUT2D eigenvalue weighted by atomic mass is 9.88. The Morgan fingerprint density at radius 1 is 1.24 bits per heavy atom. The van der Waals surface area contributed by atoms with Crippen molar-refractivity contribution in [1.82, 2.24) is 24.4 Å². The van der Waals surface area contributed by atoms with Crippen LogP contribution >= 0.6 is 0 Å². The number of H-pyrrole nitrogens is 1. The lowest BCUT2D eigenvalue weighted by molar-refractivity contribution is -0.0504. The Bertz CT molecular complexity index is 1320. The van der Waals surface area contributed by atoms with E-state index in [1.54, 1.807) is 49.1 Å². The summed E-state index contributed by atoms with van der Waals surface area (Å²) in [6.45, 7) is 5.40. The van der Waals surface area contributed by atoms with Crippen LogP contribution in [-0.2, 0) is 0 Å². The molecule has 11 nitrogen and oxygen atoms in total. The van der Waals surface area contributed by atoms with Crippen LogP contribution in [0.1, 0.15) is 41.0 Å². The summed E-state index contributed by atoms with van der Waals surface area (Å²) in [5.41, 5.74) is 5.59. The number of benzene rings is 1. The van der Waals surface area contributed by atoms with E-state index in [4.69, 9.17) is 5.73 Å². The number of amides is 1. The number of hydrogen-bond acceptors (Lipinski definition) is 8. The highest BCUT2D eigenvalue weighted by molar-refractivity contribution is 5.94. The second kappa shape index (κ2) is 8.75. The molecule has 0 saturated carbocycles. The fraction of sp³-hybridized carbons (Fsp3) is 0.348. The Kier molecular flexibility index (Phi) is 5.96. The standard InChI is InChI=1S/C23H27N7O4/c1-13-11-30(22(33)28-19(13)31)17-8-9-29(12-23(17,3)34)20(32)15-4-6-16(7-5-15)26-18-10-14(2)25-21(24)27-18/h4-7,10-11,17,34H,8-9,12H2,1-3H3,(H,28,31,33)(H3,24,25,26,27)/t17-,23-/m0/s1. The van der Waals surface area contributed by atoms with Crippen molar-refractivity contribution in [3.8, 4) is 0 Å². The van der Waals surface area contributed by atoms with E-state index < -0.39 is 22.9 Å². The number of rotatable bonds is 4. The zero-order valence-electron chi connectivity index (χ0n) is 19.2. The number of piperidine rings is 1. The van der Waals surface area contributed by atoms with Crippen LogP contribution < -0.4 is 22.3 Å². The second-order valence-corrected chi connectivity index (χ2v) is 8.82. The van der Waals surface area contributed by atoms with E-state index in [-0.39, 0.29) is 18.4 Å². The molecule has 2 aromatic heterocycles. The number of anilines is 3. The average molecular weight is 466 g/mol. The Morgan fingerprint density at radius 2 is 1.94 bits per heavy atom. The Morgan fingerprint density at radius 3 is 2.59 bits per heavy atom. The number of aromatic amines is 1. The molecule has 0 radical (unpaired) electrons. The molecule has 2 atom stereocenters. The zero-order chi connectivity index (χ0) is 24.6. The fourth-order valence-corrected chi connectivity index (χ4v) is 4.27. The Labute approximate surface area is 195 Å². The number of nitrogens with zero attached hydrogens (tertiary/aromatic N) is 4. The molecule has 0 spiro atoms. The van der Waals surface area contributed by atoms with Crippen LogP contribution in [0.5, 0.6) is 0 Å².